The zero-order valence-corrected chi connectivity index (χ0v) is 12.1. The van der Waals surface area contributed by atoms with Crippen molar-refractivity contribution in [3.8, 4) is 11.4 Å². The SMILES string of the molecule is CCc1cc(Cl)nc(-c2ccc(Cl)c(Br)c2)n1. The number of rotatable bonds is 2. The molecule has 0 radical (unpaired) electrons. The van der Waals surface area contributed by atoms with Gasteiger partial charge in [0.25, 0.3) is 0 Å². The molecule has 0 saturated heterocycles. The highest BCUT2D eigenvalue weighted by Gasteiger charge is 2.07. The van der Waals surface area contributed by atoms with Crippen LogP contribution in [0.25, 0.3) is 11.4 Å². The summed E-state index contributed by atoms with van der Waals surface area (Å²) >= 11 is 15.3. The van der Waals surface area contributed by atoms with Gasteiger partial charge in [-0.2, -0.15) is 0 Å². The van der Waals surface area contributed by atoms with Gasteiger partial charge < -0.3 is 0 Å². The Kier molecular flexibility index (Phi) is 4.02. The zero-order valence-electron chi connectivity index (χ0n) is 9.04. The number of hydrogen-bond acceptors (Lipinski definition) is 2. The Bertz CT molecular complexity index is 558. The third kappa shape index (κ3) is 2.97. The summed E-state index contributed by atoms with van der Waals surface area (Å²) in [5.74, 6) is 0.617. The van der Waals surface area contributed by atoms with Crippen molar-refractivity contribution in [1.82, 2.24) is 9.97 Å². The van der Waals surface area contributed by atoms with Crippen LogP contribution in [0.5, 0.6) is 0 Å². The normalized spacial score (nSPS) is 10.6. The molecular weight excluding hydrogens is 323 g/mol. The second-order valence-corrected chi connectivity index (χ2v) is 5.14. The van der Waals surface area contributed by atoms with Gasteiger partial charge in [-0.3, -0.25) is 0 Å². The quantitative estimate of drug-likeness (QED) is 0.740. The molecule has 0 unspecified atom stereocenters. The van der Waals surface area contributed by atoms with Crippen LogP contribution in [0.2, 0.25) is 10.2 Å². The summed E-state index contributed by atoms with van der Waals surface area (Å²) in [4.78, 5) is 8.65. The van der Waals surface area contributed by atoms with Gasteiger partial charge in [0.05, 0.1) is 5.02 Å². The van der Waals surface area contributed by atoms with Crippen LogP contribution in [-0.4, -0.2) is 9.97 Å². The summed E-state index contributed by atoms with van der Waals surface area (Å²) in [7, 11) is 0. The summed E-state index contributed by atoms with van der Waals surface area (Å²) in [5.41, 5.74) is 1.81. The average Bonchev–Trinajstić information content (AvgIpc) is 2.32. The van der Waals surface area contributed by atoms with Gasteiger partial charge in [-0.1, -0.05) is 30.1 Å². The molecule has 0 saturated carbocycles. The molecular formula is C12H9BrCl2N2. The molecule has 0 aliphatic carbocycles. The van der Waals surface area contributed by atoms with E-state index < -0.39 is 0 Å². The Hall–Kier alpha value is -0.640. The highest BCUT2D eigenvalue weighted by molar-refractivity contribution is 9.10. The van der Waals surface area contributed by atoms with E-state index in [1.807, 2.05) is 19.1 Å². The van der Waals surface area contributed by atoms with Gasteiger partial charge in [0.1, 0.15) is 5.15 Å². The van der Waals surface area contributed by atoms with Gasteiger partial charge in [0.15, 0.2) is 5.82 Å². The molecule has 0 aliphatic rings. The predicted molar refractivity (Wildman–Crippen MR) is 74.6 cm³/mol. The van der Waals surface area contributed by atoms with Gasteiger partial charge >= 0.3 is 0 Å². The van der Waals surface area contributed by atoms with Crippen LogP contribution in [0.1, 0.15) is 12.6 Å². The minimum Gasteiger partial charge on any atom is -0.233 e. The molecule has 0 atom stereocenters. The minimum absolute atomic E-state index is 0.456. The Balaban J connectivity index is 2.52. The Morgan fingerprint density at radius 2 is 1.94 bits per heavy atom. The first kappa shape index (κ1) is 12.8. The smallest absolute Gasteiger partial charge is 0.161 e. The Morgan fingerprint density at radius 1 is 1.18 bits per heavy atom. The zero-order chi connectivity index (χ0) is 12.4. The minimum atomic E-state index is 0.456. The highest BCUT2D eigenvalue weighted by atomic mass is 79.9. The fourth-order valence-corrected chi connectivity index (χ4v) is 2.11. The van der Waals surface area contributed by atoms with E-state index in [1.54, 1.807) is 12.1 Å². The molecule has 88 valence electrons. The van der Waals surface area contributed by atoms with Gasteiger partial charge in [0.2, 0.25) is 0 Å². The Labute approximate surface area is 118 Å². The summed E-state index contributed by atoms with van der Waals surface area (Å²) in [6.45, 7) is 2.03. The van der Waals surface area contributed by atoms with E-state index in [4.69, 9.17) is 23.2 Å². The summed E-state index contributed by atoms with van der Waals surface area (Å²) in [6, 6.07) is 7.33. The fraction of sp³-hybridized carbons (Fsp3) is 0.167. The van der Waals surface area contributed by atoms with Crippen molar-refractivity contribution in [2.45, 2.75) is 13.3 Å². The number of halogens is 3. The monoisotopic (exact) mass is 330 g/mol. The first-order valence-corrected chi connectivity index (χ1v) is 6.64. The van der Waals surface area contributed by atoms with Crippen LogP contribution in [0.4, 0.5) is 0 Å². The topological polar surface area (TPSA) is 25.8 Å². The van der Waals surface area contributed by atoms with Crippen LogP contribution in [0.15, 0.2) is 28.7 Å². The lowest BCUT2D eigenvalue weighted by Gasteiger charge is -2.05. The van der Waals surface area contributed by atoms with E-state index in [2.05, 4.69) is 25.9 Å². The largest absolute Gasteiger partial charge is 0.233 e. The van der Waals surface area contributed by atoms with Crippen molar-refractivity contribution in [1.29, 1.82) is 0 Å². The summed E-state index contributed by atoms with van der Waals surface area (Å²) in [6.07, 6.45) is 0.823. The second-order valence-electron chi connectivity index (χ2n) is 3.49. The van der Waals surface area contributed by atoms with E-state index in [0.29, 0.717) is 16.0 Å². The third-order valence-electron chi connectivity index (χ3n) is 2.29. The van der Waals surface area contributed by atoms with Crippen molar-refractivity contribution in [3.63, 3.8) is 0 Å². The number of nitrogens with zero attached hydrogens (tertiary/aromatic N) is 2. The third-order valence-corrected chi connectivity index (χ3v) is 3.70. The lowest BCUT2D eigenvalue weighted by atomic mass is 10.2. The van der Waals surface area contributed by atoms with Crippen molar-refractivity contribution in [3.05, 3.63) is 44.6 Å². The molecule has 0 spiro atoms. The molecule has 0 aliphatic heterocycles. The molecule has 0 amide bonds. The standard InChI is InChI=1S/C12H9BrCl2N2/c1-2-8-6-11(15)17-12(16-8)7-3-4-10(14)9(13)5-7/h3-6H,2H2,1H3. The van der Waals surface area contributed by atoms with Crippen molar-refractivity contribution in [2.24, 2.45) is 0 Å². The molecule has 0 fully saturated rings. The van der Waals surface area contributed by atoms with Crippen molar-refractivity contribution < 1.29 is 0 Å². The van der Waals surface area contributed by atoms with Crippen molar-refractivity contribution in [2.75, 3.05) is 0 Å². The summed E-state index contributed by atoms with van der Waals surface area (Å²) < 4.78 is 0.818. The predicted octanol–water partition coefficient (Wildman–Crippen LogP) is 4.78. The van der Waals surface area contributed by atoms with Crippen LogP contribution in [0, 0.1) is 0 Å². The first-order valence-electron chi connectivity index (χ1n) is 5.09. The average molecular weight is 332 g/mol. The molecule has 2 rings (SSSR count). The van der Waals surface area contributed by atoms with Crippen molar-refractivity contribution >= 4 is 39.1 Å². The maximum Gasteiger partial charge on any atom is 0.161 e. The second kappa shape index (κ2) is 5.34. The number of benzene rings is 1. The maximum atomic E-state index is 5.96. The molecule has 17 heavy (non-hydrogen) atoms. The fourth-order valence-electron chi connectivity index (χ4n) is 1.41. The van der Waals surface area contributed by atoms with E-state index >= 15 is 0 Å². The molecule has 0 N–H and O–H groups in total. The Morgan fingerprint density at radius 3 is 2.59 bits per heavy atom. The lowest BCUT2D eigenvalue weighted by Crippen LogP contribution is -1.95. The number of hydrogen-bond donors (Lipinski definition) is 0. The van der Waals surface area contributed by atoms with Crippen LogP contribution < -0.4 is 0 Å². The molecule has 1 heterocycles. The van der Waals surface area contributed by atoms with Gasteiger partial charge in [-0.15, -0.1) is 0 Å². The summed E-state index contributed by atoms with van der Waals surface area (Å²) in [5, 5.41) is 1.12. The van der Waals surface area contributed by atoms with E-state index in [9.17, 15) is 0 Å². The van der Waals surface area contributed by atoms with E-state index in [-0.39, 0.29) is 0 Å². The van der Waals surface area contributed by atoms with Gasteiger partial charge in [-0.25, -0.2) is 9.97 Å². The molecule has 5 heteroatoms. The molecule has 1 aromatic carbocycles. The number of aromatic nitrogens is 2. The van der Waals surface area contributed by atoms with Crippen LogP contribution in [0.3, 0.4) is 0 Å². The maximum absolute atomic E-state index is 5.96. The molecule has 0 bridgehead atoms. The molecule has 1 aromatic heterocycles. The van der Waals surface area contributed by atoms with E-state index in [0.717, 1.165) is 22.2 Å². The first-order chi connectivity index (χ1) is 8.10. The lowest BCUT2D eigenvalue weighted by molar-refractivity contribution is 1.01. The number of aryl methyl sites for hydroxylation is 1. The highest BCUT2D eigenvalue weighted by Crippen LogP contribution is 2.27. The van der Waals surface area contributed by atoms with Crippen LogP contribution in [-0.2, 0) is 6.42 Å². The van der Waals surface area contributed by atoms with Crippen LogP contribution >= 0.6 is 39.1 Å². The van der Waals surface area contributed by atoms with E-state index in [1.165, 1.54) is 0 Å². The molecule has 2 aromatic rings. The molecule has 2 nitrogen and oxygen atoms in total. The van der Waals surface area contributed by atoms with Gasteiger partial charge in [-0.05, 0) is 46.6 Å². The van der Waals surface area contributed by atoms with Gasteiger partial charge in [0, 0.05) is 15.7 Å².